The van der Waals surface area contributed by atoms with E-state index in [1.807, 2.05) is 0 Å². The number of carbonyl (C=O) groups is 1. The molecule has 0 amide bonds. The molecule has 2 fully saturated rings. The fourth-order valence-corrected chi connectivity index (χ4v) is 6.95. The number of aromatic nitrogens is 3. The monoisotopic (exact) mass is 668 g/mol. The standard InChI is InChI=1S/C28H32F3N6O8P/c1-16(26(40)43-18-9-7-17(8-10-18)28(29,30)31)36-46(41,45-19-5-3-2-4-6-19)42-14-27(13-32)24(39)22(38)23(44-27)20-11-12-21-25(33)34-15-35-37(20)21/h2-6,11-12,15-18,22-24,38-39H,7-10,14H2,1H3,(H,36,41)(H2,33,34,35)/t16-,17-,18+,22-,23-,24-,27+,46?/m0/s1. The molecule has 0 spiro atoms. The molecule has 0 bridgehead atoms. The van der Waals surface area contributed by atoms with Crippen molar-refractivity contribution in [3.63, 3.8) is 0 Å². The molecule has 248 valence electrons. The van der Waals surface area contributed by atoms with Crippen LogP contribution in [0.5, 0.6) is 5.75 Å². The molecule has 6 atom stereocenters. The van der Waals surface area contributed by atoms with Crippen molar-refractivity contribution < 1.29 is 51.3 Å². The number of aliphatic hydroxyl groups is 2. The smallest absolute Gasteiger partial charge is 0.459 e. The van der Waals surface area contributed by atoms with Crippen LogP contribution in [-0.4, -0.2) is 73.5 Å². The van der Waals surface area contributed by atoms with Crippen molar-refractivity contribution in [3.8, 4) is 11.8 Å². The Morgan fingerprint density at radius 3 is 2.59 bits per heavy atom. The van der Waals surface area contributed by atoms with Gasteiger partial charge in [-0.3, -0.25) is 9.32 Å². The first-order chi connectivity index (χ1) is 21.7. The number of benzene rings is 1. The minimum absolute atomic E-state index is 0.0102. The first-order valence-electron chi connectivity index (χ1n) is 14.3. The topological polar surface area (TPSA) is 204 Å². The van der Waals surface area contributed by atoms with Gasteiger partial charge in [0.1, 0.15) is 60.7 Å². The Bertz CT molecular complexity index is 1630. The van der Waals surface area contributed by atoms with Gasteiger partial charge in [0.15, 0.2) is 5.82 Å². The summed E-state index contributed by atoms with van der Waals surface area (Å²) >= 11 is 0. The van der Waals surface area contributed by atoms with Crippen LogP contribution in [0.25, 0.3) is 5.52 Å². The van der Waals surface area contributed by atoms with Gasteiger partial charge in [-0.2, -0.15) is 28.6 Å². The number of anilines is 1. The molecule has 46 heavy (non-hydrogen) atoms. The number of para-hydroxylation sites is 1. The summed E-state index contributed by atoms with van der Waals surface area (Å²) in [6.45, 7) is 0.388. The van der Waals surface area contributed by atoms with E-state index in [2.05, 4.69) is 15.2 Å². The molecule has 3 aromatic rings. The van der Waals surface area contributed by atoms with Crippen molar-refractivity contribution in [2.24, 2.45) is 5.92 Å². The first-order valence-corrected chi connectivity index (χ1v) is 15.9. The quantitative estimate of drug-likeness (QED) is 0.181. The second-order valence-corrected chi connectivity index (χ2v) is 12.8. The number of fused-ring (bicyclic) bond motifs is 1. The number of nitriles is 1. The molecule has 1 unspecified atom stereocenters. The zero-order valence-corrected chi connectivity index (χ0v) is 25.3. The average molecular weight is 669 g/mol. The minimum atomic E-state index is -4.58. The molecule has 1 saturated heterocycles. The highest BCUT2D eigenvalue weighted by Gasteiger charge is 2.57. The molecule has 5 rings (SSSR count). The van der Waals surface area contributed by atoms with Crippen molar-refractivity contribution in [2.45, 2.75) is 74.8 Å². The van der Waals surface area contributed by atoms with Crippen LogP contribution in [0.4, 0.5) is 19.0 Å². The van der Waals surface area contributed by atoms with Gasteiger partial charge in [-0.1, -0.05) is 18.2 Å². The van der Waals surface area contributed by atoms with Gasteiger partial charge in [0.25, 0.3) is 0 Å². The number of hydrogen-bond acceptors (Lipinski definition) is 12. The van der Waals surface area contributed by atoms with Gasteiger partial charge in [-0.05, 0) is 56.9 Å². The zero-order valence-electron chi connectivity index (χ0n) is 24.4. The second kappa shape index (κ2) is 13.1. The SMILES string of the molecule is C[C@H](NP(=O)(OC[C@@]1(C#N)O[C@@H](c2ccc3c(N)ncnn23)[C@H](O)[C@@H]1O)Oc1ccccc1)C(=O)O[C@H]1CC[C@@H](C(F)(F)F)CC1. The molecular weight excluding hydrogens is 636 g/mol. The number of nitrogens with zero attached hydrogens (tertiary/aromatic N) is 4. The van der Waals surface area contributed by atoms with Crippen LogP contribution in [0, 0.1) is 17.2 Å². The lowest BCUT2D eigenvalue weighted by atomic mass is 9.87. The fourth-order valence-electron chi connectivity index (χ4n) is 5.43. The van der Waals surface area contributed by atoms with Gasteiger partial charge in [0, 0.05) is 0 Å². The van der Waals surface area contributed by atoms with E-state index in [9.17, 15) is 38.0 Å². The van der Waals surface area contributed by atoms with Crippen LogP contribution in [0.1, 0.15) is 44.4 Å². The summed E-state index contributed by atoms with van der Waals surface area (Å²) in [6, 6.07) is 11.2. The zero-order chi connectivity index (χ0) is 33.3. The van der Waals surface area contributed by atoms with E-state index in [4.69, 9.17) is 24.3 Å². The molecular formula is C28H32F3N6O8P. The normalized spacial score (nSPS) is 28.7. The number of hydrogen-bond donors (Lipinski definition) is 4. The van der Waals surface area contributed by atoms with E-state index in [0.29, 0.717) is 5.52 Å². The summed E-state index contributed by atoms with van der Waals surface area (Å²) in [6.07, 6.45) is -9.11. The van der Waals surface area contributed by atoms with E-state index in [0.717, 1.165) is 0 Å². The van der Waals surface area contributed by atoms with Crippen molar-refractivity contribution >= 4 is 25.1 Å². The number of nitrogens with two attached hydrogens (primary N) is 1. The first kappa shape index (κ1) is 33.6. The number of rotatable bonds is 10. The van der Waals surface area contributed by atoms with Crippen LogP contribution in [0.3, 0.4) is 0 Å². The number of carbonyl (C=O) groups excluding carboxylic acids is 1. The molecule has 1 saturated carbocycles. The number of esters is 1. The number of alkyl halides is 3. The number of halogens is 3. The third kappa shape index (κ3) is 6.97. The summed E-state index contributed by atoms with van der Waals surface area (Å²) in [4.78, 5) is 16.8. The lowest BCUT2D eigenvalue weighted by molar-refractivity contribution is -0.188. The Hall–Kier alpha value is -3.78. The van der Waals surface area contributed by atoms with Crippen LogP contribution in [0.2, 0.25) is 0 Å². The van der Waals surface area contributed by atoms with E-state index >= 15 is 0 Å². The lowest BCUT2D eigenvalue weighted by Gasteiger charge is -2.31. The molecule has 1 aromatic carbocycles. The van der Waals surface area contributed by atoms with Gasteiger partial charge in [0.05, 0.1) is 11.6 Å². The Labute approximate surface area is 260 Å². The molecule has 0 radical (unpaired) electrons. The average Bonchev–Trinajstić information content (AvgIpc) is 3.56. The third-order valence-electron chi connectivity index (χ3n) is 7.98. The maximum atomic E-state index is 14.0. The molecule has 2 aliphatic rings. The maximum absolute atomic E-state index is 14.0. The summed E-state index contributed by atoms with van der Waals surface area (Å²) < 4.78 is 76.9. The van der Waals surface area contributed by atoms with E-state index in [-0.39, 0.29) is 42.9 Å². The van der Waals surface area contributed by atoms with Crippen molar-refractivity contribution in [1.82, 2.24) is 19.7 Å². The number of nitrogens with one attached hydrogen (secondary N) is 1. The predicted molar refractivity (Wildman–Crippen MR) is 153 cm³/mol. The molecule has 1 aliphatic carbocycles. The fraction of sp³-hybridized carbons (Fsp3) is 0.500. The molecule has 18 heteroatoms. The third-order valence-corrected chi connectivity index (χ3v) is 9.61. The second-order valence-electron chi connectivity index (χ2n) is 11.2. The van der Waals surface area contributed by atoms with Crippen molar-refractivity contribution in [2.75, 3.05) is 12.3 Å². The summed E-state index contributed by atoms with van der Waals surface area (Å²) in [5, 5.41) is 38.5. The van der Waals surface area contributed by atoms with Crippen LogP contribution in [-0.2, 0) is 23.4 Å². The lowest BCUT2D eigenvalue weighted by Crippen LogP contribution is -2.46. The highest BCUT2D eigenvalue weighted by Crippen LogP contribution is 2.48. The van der Waals surface area contributed by atoms with Gasteiger partial charge >= 0.3 is 19.9 Å². The number of ether oxygens (including phenoxy) is 2. The molecule has 14 nitrogen and oxygen atoms in total. The Morgan fingerprint density at radius 1 is 1.24 bits per heavy atom. The molecule has 2 aromatic heterocycles. The highest BCUT2D eigenvalue weighted by molar-refractivity contribution is 7.52. The number of nitrogen functional groups attached to an aromatic ring is 1. The summed E-state index contributed by atoms with van der Waals surface area (Å²) in [7, 11) is -4.58. The van der Waals surface area contributed by atoms with Crippen LogP contribution in [0.15, 0.2) is 48.8 Å². The predicted octanol–water partition coefficient (Wildman–Crippen LogP) is 3.21. The largest absolute Gasteiger partial charge is 0.461 e. The van der Waals surface area contributed by atoms with Crippen LogP contribution < -0.4 is 15.3 Å². The van der Waals surface area contributed by atoms with E-state index < -0.39 is 68.5 Å². The molecule has 1 aliphatic heterocycles. The Balaban J connectivity index is 1.31. The van der Waals surface area contributed by atoms with Gasteiger partial charge < -0.3 is 29.9 Å². The molecule has 5 N–H and O–H groups in total. The van der Waals surface area contributed by atoms with Crippen LogP contribution >= 0.6 is 7.75 Å². The number of aliphatic hydroxyl groups excluding tert-OH is 2. The highest BCUT2D eigenvalue weighted by atomic mass is 31.2. The van der Waals surface area contributed by atoms with Crippen molar-refractivity contribution in [3.05, 3.63) is 54.5 Å². The van der Waals surface area contributed by atoms with Gasteiger partial charge in [-0.25, -0.2) is 14.1 Å². The Kier molecular flexibility index (Phi) is 9.60. The van der Waals surface area contributed by atoms with E-state index in [1.54, 1.807) is 30.3 Å². The van der Waals surface area contributed by atoms with Crippen molar-refractivity contribution in [1.29, 1.82) is 5.26 Å². The summed E-state index contributed by atoms with van der Waals surface area (Å²) in [5.74, 6) is -2.19. The maximum Gasteiger partial charge on any atom is 0.459 e. The van der Waals surface area contributed by atoms with Gasteiger partial charge in [0.2, 0.25) is 5.60 Å². The van der Waals surface area contributed by atoms with E-state index in [1.165, 1.54) is 36.0 Å². The summed E-state index contributed by atoms with van der Waals surface area (Å²) in [5.41, 5.74) is 4.22. The molecule has 3 heterocycles. The minimum Gasteiger partial charge on any atom is -0.461 e. The Morgan fingerprint density at radius 2 is 1.93 bits per heavy atom. The van der Waals surface area contributed by atoms with Gasteiger partial charge in [-0.15, -0.1) is 0 Å².